The van der Waals surface area contributed by atoms with Crippen LogP contribution in [0.2, 0.25) is 0 Å². The minimum absolute atomic E-state index is 0.0726. The Morgan fingerprint density at radius 2 is 2.00 bits per heavy atom. The number of benzene rings is 2. The van der Waals surface area contributed by atoms with E-state index in [4.69, 9.17) is 5.73 Å². The zero-order valence-corrected chi connectivity index (χ0v) is 16.1. The second-order valence-electron chi connectivity index (χ2n) is 6.43. The third-order valence-corrected chi connectivity index (χ3v) is 5.22. The van der Waals surface area contributed by atoms with E-state index in [1.54, 1.807) is 28.8 Å². The Morgan fingerprint density at radius 3 is 2.64 bits per heavy atom. The fourth-order valence-corrected chi connectivity index (χ4v) is 3.96. The summed E-state index contributed by atoms with van der Waals surface area (Å²) < 4.78 is 1.58. The zero-order valence-electron chi connectivity index (χ0n) is 15.3. The lowest BCUT2D eigenvalue weighted by molar-refractivity contribution is -0.385. The van der Waals surface area contributed by atoms with Gasteiger partial charge in [-0.1, -0.05) is 30.0 Å². The molecular weight excluding hydrogens is 380 g/mol. The van der Waals surface area contributed by atoms with Crippen molar-refractivity contribution < 1.29 is 9.72 Å². The summed E-state index contributed by atoms with van der Waals surface area (Å²) in [5, 5.41) is 12.4. The fraction of sp³-hybridized carbons (Fsp3) is 0.211. The number of carbonyl (C=O) groups excluding carboxylic acids is 1. The number of rotatable bonds is 6. The van der Waals surface area contributed by atoms with E-state index in [2.05, 4.69) is 4.98 Å². The lowest BCUT2D eigenvalue weighted by Gasteiger charge is -2.16. The molecule has 3 rings (SSSR count). The Kier molecular flexibility index (Phi) is 5.46. The van der Waals surface area contributed by atoms with Crippen LogP contribution in [0.4, 0.5) is 5.69 Å². The first-order valence-corrected chi connectivity index (χ1v) is 9.49. The predicted octanol–water partition coefficient (Wildman–Crippen LogP) is 3.28. The Hall–Kier alpha value is -3.20. The number of thioether (sulfide) groups is 1. The van der Waals surface area contributed by atoms with Gasteiger partial charge in [0.2, 0.25) is 5.91 Å². The van der Waals surface area contributed by atoms with Crippen molar-refractivity contribution in [3.05, 3.63) is 74.1 Å². The zero-order chi connectivity index (χ0) is 20.4. The molecule has 1 aromatic heterocycles. The van der Waals surface area contributed by atoms with Crippen LogP contribution in [-0.4, -0.2) is 20.4 Å². The molecule has 0 unspecified atom stereocenters. The van der Waals surface area contributed by atoms with Crippen molar-refractivity contribution in [2.75, 3.05) is 0 Å². The molecule has 144 valence electrons. The van der Waals surface area contributed by atoms with Gasteiger partial charge in [0.25, 0.3) is 11.2 Å². The number of fused-ring (bicyclic) bond motifs is 1. The summed E-state index contributed by atoms with van der Waals surface area (Å²) in [6, 6.07) is 11.1. The maximum absolute atomic E-state index is 12.8. The minimum Gasteiger partial charge on any atom is -0.366 e. The van der Waals surface area contributed by atoms with E-state index in [9.17, 15) is 19.7 Å². The van der Waals surface area contributed by atoms with Crippen molar-refractivity contribution >= 4 is 34.3 Å². The molecule has 0 saturated carbocycles. The van der Waals surface area contributed by atoms with Crippen LogP contribution in [0.3, 0.4) is 0 Å². The molecule has 1 amide bonds. The van der Waals surface area contributed by atoms with Gasteiger partial charge < -0.3 is 5.73 Å². The molecule has 0 aliphatic heterocycles. The highest BCUT2D eigenvalue weighted by atomic mass is 32.2. The molecule has 2 aromatic carbocycles. The molecule has 0 radical (unpaired) electrons. The molecule has 0 bridgehead atoms. The topological polar surface area (TPSA) is 121 Å². The maximum atomic E-state index is 12.8. The number of hydrogen-bond donors (Lipinski definition) is 1. The maximum Gasteiger partial charge on any atom is 0.274 e. The molecular formula is C19H18N4O4S. The second-order valence-corrected chi connectivity index (χ2v) is 7.38. The van der Waals surface area contributed by atoms with Gasteiger partial charge in [-0.15, -0.1) is 0 Å². The Bertz CT molecular complexity index is 1140. The highest BCUT2D eigenvalue weighted by Gasteiger charge is 2.19. The Morgan fingerprint density at radius 1 is 1.29 bits per heavy atom. The van der Waals surface area contributed by atoms with Crippen molar-refractivity contribution in [2.45, 2.75) is 30.8 Å². The molecule has 0 aliphatic carbocycles. The smallest absolute Gasteiger partial charge is 0.274 e. The molecule has 2 N–H and O–H groups in total. The van der Waals surface area contributed by atoms with Crippen LogP contribution in [0.1, 0.15) is 35.8 Å². The summed E-state index contributed by atoms with van der Waals surface area (Å²) in [4.78, 5) is 39.6. The quantitative estimate of drug-likeness (QED) is 0.294. The highest BCUT2D eigenvalue weighted by molar-refractivity contribution is 7.98. The second kappa shape index (κ2) is 7.81. The van der Waals surface area contributed by atoms with Gasteiger partial charge >= 0.3 is 0 Å². The van der Waals surface area contributed by atoms with Crippen LogP contribution in [0, 0.1) is 10.1 Å². The average Bonchev–Trinajstić information content (AvgIpc) is 2.65. The lowest BCUT2D eigenvalue weighted by atomic mass is 10.1. The number of nitrogens with zero attached hydrogens (tertiary/aromatic N) is 3. The van der Waals surface area contributed by atoms with Crippen molar-refractivity contribution in [2.24, 2.45) is 5.73 Å². The number of amides is 1. The SMILES string of the molecule is CC(C)n1c(SCc2ccc(C(N)=O)cc2[N+](=O)[O-])nc2ccccc2c1=O. The molecule has 1 heterocycles. The first-order valence-electron chi connectivity index (χ1n) is 8.50. The normalized spacial score (nSPS) is 11.1. The van der Waals surface area contributed by atoms with E-state index in [0.29, 0.717) is 21.6 Å². The standard InChI is InChI=1S/C19H18N4O4S/c1-11(2)22-18(25)14-5-3-4-6-15(14)21-19(22)28-10-13-8-7-12(17(20)24)9-16(13)23(26)27/h3-9,11H,10H2,1-2H3,(H2,20,24). The van der Waals surface area contributed by atoms with E-state index < -0.39 is 10.8 Å². The number of hydrogen-bond acceptors (Lipinski definition) is 6. The van der Waals surface area contributed by atoms with Crippen LogP contribution in [0.15, 0.2) is 52.4 Å². The summed E-state index contributed by atoms with van der Waals surface area (Å²) in [5.74, 6) is -0.514. The van der Waals surface area contributed by atoms with E-state index in [1.807, 2.05) is 13.8 Å². The molecule has 0 atom stereocenters. The number of nitro benzene ring substituents is 1. The molecule has 9 heteroatoms. The van der Waals surface area contributed by atoms with E-state index in [0.717, 1.165) is 0 Å². The fourth-order valence-electron chi connectivity index (χ4n) is 2.83. The number of primary amides is 1. The molecule has 28 heavy (non-hydrogen) atoms. The molecule has 3 aromatic rings. The molecule has 0 aliphatic rings. The largest absolute Gasteiger partial charge is 0.366 e. The molecule has 0 saturated heterocycles. The van der Waals surface area contributed by atoms with Gasteiger partial charge in [0.1, 0.15) is 0 Å². The summed E-state index contributed by atoms with van der Waals surface area (Å²) >= 11 is 1.23. The predicted molar refractivity (Wildman–Crippen MR) is 108 cm³/mol. The van der Waals surface area contributed by atoms with Gasteiger partial charge in [-0.05, 0) is 32.0 Å². The van der Waals surface area contributed by atoms with Gasteiger partial charge in [-0.2, -0.15) is 0 Å². The van der Waals surface area contributed by atoms with E-state index >= 15 is 0 Å². The molecule has 8 nitrogen and oxygen atoms in total. The van der Waals surface area contributed by atoms with E-state index in [1.165, 1.54) is 30.0 Å². The monoisotopic (exact) mass is 398 g/mol. The summed E-state index contributed by atoms with van der Waals surface area (Å²) in [7, 11) is 0. The van der Waals surface area contributed by atoms with Gasteiger partial charge in [-0.25, -0.2) is 4.98 Å². The summed E-state index contributed by atoms with van der Waals surface area (Å²) in [6.07, 6.45) is 0. The average molecular weight is 398 g/mol. The highest BCUT2D eigenvalue weighted by Crippen LogP contribution is 2.29. The lowest BCUT2D eigenvalue weighted by Crippen LogP contribution is -2.25. The van der Waals surface area contributed by atoms with Crippen molar-refractivity contribution in [1.82, 2.24) is 9.55 Å². The van der Waals surface area contributed by atoms with Gasteiger partial charge in [0, 0.05) is 29.0 Å². The summed E-state index contributed by atoms with van der Waals surface area (Å²) in [5.41, 5.74) is 5.92. The number of nitrogens with two attached hydrogens (primary N) is 1. The number of aromatic nitrogens is 2. The Balaban J connectivity index is 2.02. The van der Waals surface area contributed by atoms with Gasteiger partial charge in [0.15, 0.2) is 5.16 Å². The van der Waals surface area contributed by atoms with Gasteiger partial charge in [-0.3, -0.25) is 24.3 Å². The van der Waals surface area contributed by atoms with Crippen LogP contribution in [-0.2, 0) is 5.75 Å². The number of carbonyl (C=O) groups is 1. The van der Waals surface area contributed by atoms with Crippen molar-refractivity contribution in [3.8, 4) is 0 Å². The van der Waals surface area contributed by atoms with Crippen LogP contribution in [0.5, 0.6) is 0 Å². The van der Waals surface area contributed by atoms with Crippen molar-refractivity contribution in [3.63, 3.8) is 0 Å². The number of nitro groups is 1. The molecule has 0 fully saturated rings. The van der Waals surface area contributed by atoms with Gasteiger partial charge in [0.05, 0.1) is 15.8 Å². The summed E-state index contributed by atoms with van der Waals surface area (Å²) in [6.45, 7) is 3.76. The van der Waals surface area contributed by atoms with Crippen LogP contribution >= 0.6 is 11.8 Å². The van der Waals surface area contributed by atoms with E-state index in [-0.39, 0.29) is 28.6 Å². The van der Waals surface area contributed by atoms with Crippen LogP contribution in [0.25, 0.3) is 10.9 Å². The minimum atomic E-state index is -0.729. The third-order valence-electron chi connectivity index (χ3n) is 4.22. The first kappa shape index (κ1) is 19.6. The first-order chi connectivity index (χ1) is 13.3. The molecule has 0 spiro atoms. The van der Waals surface area contributed by atoms with Crippen molar-refractivity contribution in [1.29, 1.82) is 0 Å². The third kappa shape index (κ3) is 3.74. The Labute approximate surface area is 164 Å². The van der Waals surface area contributed by atoms with Crippen LogP contribution < -0.4 is 11.3 Å². The number of para-hydroxylation sites is 1.